The highest BCUT2D eigenvalue weighted by molar-refractivity contribution is 7.46. The SMILES string of the molecule is O=[P+](O)O[P+](=O)O.Oc1cccc(O)c1. The van der Waals surface area contributed by atoms with Gasteiger partial charge in [0.25, 0.3) is 0 Å². The Bertz CT molecular complexity index is 324. The second-order valence-corrected chi connectivity index (χ2v) is 3.68. The molecule has 2 unspecified atom stereocenters. The van der Waals surface area contributed by atoms with Crippen molar-refractivity contribution in [2.45, 2.75) is 0 Å². The van der Waals surface area contributed by atoms with Crippen LogP contribution in [-0.2, 0) is 13.4 Å². The fourth-order valence-corrected chi connectivity index (χ4v) is 1.03. The molecule has 15 heavy (non-hydrogen) atoms. The van der Waals surface area contributed by atoms with Crippen molar-refractivity contribution in [2.75, 3.05) is 0 Å². The van der Waals surface area contributed by atoms with Gasteiger partial charge in [0.05, 0.1) is 0 Å². The summed E-state index contributed by atoms with van der Waals surface area (Å²) in [4.78, 5) is 15.3. The lowest BCUT2D eigenvalue weighted by atomic mass is 10.3. The van der Waals surface area contributed by atoms with Crippen LogP contribution in [0.25, 0.3) is 0 Å². The van der Waals surface area contributed by atoms with E-state index in [1.165, 1.54) is 18.2 Å². The lowest BCUT2D eigenvalue weighted by Gasteiger charge is -1.89. The summed E-state index contributed by atoms with van der Waals surface area (Å²) in [6.45, 7) is 0. The molecule has 0 saturated carbocycles. The minimum Gasteiger partial charge on any atom is -0.508 e. The summed E-state index contributed by atoms with van der Waals surface area (Å²) < 4.78 is 22.2. The Morgan fingerprint density at radius 2 is 1.40 bits per heavy atom. The largest absolute Gasteiger partial charge is 0.745 e. The average Bonchev–Trinajstić information content (AvgIpc) is 2.01. The third-order valence-electron chi connectivity index (χ3n) is 0.969. The van der Waals surface area contributed by atoms with E-state index in [4.69, 9.17) is 20.0 Å². The summed E-state index contributed by atoms with van der Waals surface area (Å²) in [5, 5.41) is 17.3. The van der Waals surface area contributed by atoms with Gasteiger partial charge in [-0.05, 0) is 12.1 Å². The molecule has 0 aliphatic carbocycles. The topological polar surface area (TPSA) is 124 Å². The molecule has 1 aromatic carbocycles. The van der Waals surface area contributed by atoms with E-state index in [2.05, 4.69) is 4.31 Å². The van der Waals surface area contributed by atoms with Crippen molar-refractivity contribution in [3.63, 3.8) is 0 Å². The Balaban J connectivity index is 0.000000265. The van der Waals surface area contributed by atoms with Crippen molar-refractivity contribution >= 4 is 16.5 Å². The molecule has 0 bridgehead atoms. The molecule has 0 amide bonds. The van der Waals surface area contributed by atoms with Gasteiger partial charge in [-0.1, -0.05) is 6.07 Å². The van der Waals surface area contributed by atoms with Crippen molar-refractivity contribution in [3.05, 3.63) is 24.3 Å². The maximum absolute atomic E-state index is 9.39. The zero-order valence-corrected chi connectivity index (χ0v) is 9.01. The third kappa shape index (κ3) is 9.21. The molecule has 9 heteroatoms. The third-order valence-corrected chi connectivity index (χ3v) is 2.09. The molecule has 0 aliphatic rings. The minimum absolute atomic E-state index is 0.0880. The molecule has 4 N–H and O–H groups in total. The van der Waals surface area contributed by atoms with Crippen LogP contribution in [0.3, 0.4) is 0 Å². The zero-order valence-electron chi connectivity index (χ0n) is 7.22. The minimum atomic E-state index is -2.92. The highest BCUT2D eigenvalue weighted by atomic mass is 31.2. The molecule has 0 aromatic heterocycles. The Morgan fingerprint density at radius 1 is 1.00 bits per heavy atom. The lowest BCUT2D eigenvalue weighted by Crippen LogP contribution is -1.61. The Hall–Kier alpha value is -1.10. The standard InChI is InChI=1S/C6H6O2.O5P2/c7-5-2-1-3-6(8)4-5;1-6(2)5-7(3)4/h1-4,7-8H;/p+2. The number of hydrogen-bond acceptors (Lipinski definition) is 5. The smallest absolute Gasteiger partial charge is 0.508 e. The molecule has 1 rings (SSSR count). The maximum Gasteiger partial charge on any atom is 0.745 e. The predicted octanol–water partition coefficient (Wildman–Crippen LogP) is 1.40. The molecular weight excluding hydrogens is 246 g/mol. The number of benzene rings is 1. The van der Waals surface area contributed by atoms with Gasteiger partial charge < -0.3 is 10.2 Å². The van der Waals surface area contributed by atoms with Crippen LogP contribution in [0.5, 0.6) is 11.5 Å². The van der Waals surface area contributed by atoms with Crippen LogP contribution in [0.1, 0.15) is 0 Å². The first-order valence-corrected chi connectivity index (χ1v) is 5.66. The van der Waals surface area contributed by atoms with Crippen molar-refractivity contribution in [3.8, 4) is 11.5 Å². The van der Waals surface area contributed by atoms with E-state index < -0.39 is 16.5 Å². The molecule has 0 saturated heterocycles. The van der Waals surface area contributed by atoms with Gasteiger partial charge in [0.15, 0.2) is 4.31 Å². The number of phenols is 2. The van der Waals surface area contributed by atoms with Crippen LogP contribution in [0.2, 0.25) is 0 Å². The summed E-state index contributed by atoms with van der Waals surface area (Å²) >= 11 is 0. The number of aromatic hydroxyl groups is 2. The summed E-state index contributed by atoms with van der Waals surface area (Å²) in [6.07, 6.45) is 0. The molecule has 7 nitrogen and oxygen atoms in total. The Labute approximate surface area is 86.5 Å². The van der Waals surface area contributed by atoms with Crippen LogP contribution in [0.4, 0.5) is 0 Å². The molecule has 2 atom stereocenters. The Kier molecular flexibility index (Phi) is 6.70. The van der Waals surface area contributed by atoms with E-state index in [1.807, 2.05) is 0 Å². The number of phenolic OH excluding ortho intramolecular Hbond substituents is 2. The summed E-state index contributed by atoms with van der Waals surface area (Å²) in [5.41, 5.74) is 0. The van der Waals surface area contributed by atoms with E-state index in [0.717, 1.165) is 0 Å². The van der Waals surface area contributed by atoms with Gasteiger partial charge in [-0.2, -0.15) is 0 Å². The monoisotopic (exact) mass is 254 g/mol. The first kappa shape index (κ1) is 13.9. The molecule has 0 fully saturated rings. The van der Waals surface area contributed by atoms with E-state index in [9.17, 15) is 9.13 Å². The van der Waals surface area contributed by atoms with E-state index in [-0.39, 0.29) is 11.5 Å². The first-order valence-electron chi connectivity index (χ1n) is 3.40. The highest BCUT2D eigenvalue weighted by Crippen LogP contribution is 2.30. The van der Waals surface area contributed by atoms with Gasteiger partial charge in [0.2, 0.25) is 0 Å². The summed E-state index contributed by atoms with van der Waals surface area (Å²) in [6, 6.07) is 5.85. The molecule has 0 radical (unpaired) electrons. The molecule has 82 valence electrons. The van der Waals surface area contributed by atoms with Crippen molar-refractivity contribution in [1.82, 2.24) is 0 Å². The van der Waals surface area contributed by atoms with Crippen LogP contribution < -0.4 is 0 Å². The van der Waals surface area contributed by atoms with Gasteiger partial charge in [0.1, 0.15) is 11.5 Å². The lowest BCUT2D eigenvalue weighted by molar-refractivity contribution is 0.371. The number of rotatable bonds is 2. The van der Waals surface area contributed by atoms with Crippen molar-refractivity contribution in [1.29, 1.82) is 0 Å². The quantitative estimate of drug-likeness (QED) is 0.588. The van der Waals surface area contributed by atoms with Crippen molar-refractivity contribution in [2.24, 2.45) is 0 Å². The van der Waals surface area contributed by atoms with E-state index >= 15 is 0 Å². The predicted molar refractivity (Wildman–Crippen MR) is 50.5 cm³/mol. The van der Waals surface area contributed by atoms with Gasteiger partial charge in [-0.15, -0.1) is 9.79 Å². The van der Waals surface area contributed by atoms with Crippen LogP contribution >= 0.6 is 16.5 Å². The second-order valence-electron chi connectivity index (χ2n) is 2.08. The van der Waals surface area contributed by atoms with Crippen LogP contribution in [-0.4, -0.2) is 20.0 Å². The van der Waals surface area contributed by atoms with E-state index in [1.54, 1.807) is 6.07 Å². The van der Waals surface area contributed by atoms with E-state index in [0.29, 0.717) is 0 Å². The summed E-state index contributed by atoms with van der Waals surface area (Å²) in [7, 11) is -5.85. The van der Waals surface area contributed by atoms with Crippen LogP contribution in [0.15, 0.2) is 24.3 Å². The molecule has 0 spiro atoms. The zero-order chi connectivity index (χ0) is 11.8. The molecule has 1 aromatic rings. The fourth-order valence-electron chi connectivity index (χ4n) is 0.553. The van der Waals surface area contributed by atoms with Crippen molar-refractivity contribution < 1.29 is 33.4 Å². The second kappa shape index (κ2) is 7.23. The van der Waals surface area contributed by atoms with Gasteiger partial charge >= 0.3 is 16.5 Å². The van der Waals surface area contributed by atoms with Gasteiger partial charge in [0, 0.05) is 15.2 Å². The van der Waals surface area contributed by atoms with Crippen LogP contribution in [0, 0.1) is 0 Å². The average molecular weight is 254 g/mol. The molecular formula is C6H8O7P2+2. The highest BCUT2D eigenvalue weighted by Gasteiger charge is 2.31. The van der Waals surface area contributed by atoms with Gasteiger partial charge in [-0.25, -0.2) is 0 Å². The first-order chi connectivity index (χ1) is 6.91. The maximum atomic E-state index is 9.39. The number of hydrogen-bond donors (Lipinski definition) is 4. The molecule has 0 heterocycles. The Morgan fingerprint density at radius 3 is 1.53 bits per heavy atom. The van der Waals surface area contributed by atoms with Gasteiger partial charge in [-0.3, -0.25) is 0 Å². The fraction of sp³-hybridized carbons (Fsp3) is 0. The summed E-state index contributed by atoms with van der Waals surface area (Å²) in [5.74, 6) is 0.176. The molecule has 0 aliphatic heterocycles. The normalized spacial score (nSPS) is 11.1.